The maximum absolute atomic E-state index is 12.4. The number of benzene rings is 2. The molecule has 0 saturated carbocycles. The molecule has 1 aromatic heterocycles. The van der Waals surface area contributed by atoms with Crippen LogP contribution in [0.4, 0.5) is 5.69 Å². The number of carboxylic acids is 1. The number of aromatic carboxylic acids is 1. The number of carboxylic acid groups (broad SMARTS) is 1. The fourth-order valence-corrected chi connectivity index (χ4v) is 3.69. The van der Waals surface area contributed by atoms with Gasteiger partial charge in [0, 0.05) is 17.6 Å². The molecule has 3 aromatic rings. The molecule has 1 fully saturated rings. The molecule has 7 heteroatoms. The summed E-state index contributed by atoms with van der Waals surface area (Å²) in [6, 6.07) is 18.1. The Kier molecular flexibility index (Phi) is 5.05. The second kappa shape index (κ2) is 7.81. The van der Waals surface area contributed by atoms with Crippen LogP contribution in [0.15, 0.2) is 76.8 Å². The number of hydrogen-bond donors (Lipinski definition) is 2. The second-order valence-corrected chi connectivity index (χ2v) is 7.50. The lowest BCUT2D eigenvalue weighted by atomic mass is 10.2. The highest BCUT2D eigenvalue weighted by molar-refractivity contribution is 8.18. The van der Waals surface area contributed by atoms with E-state index in [1.54, 1.807) is 30.3 Å². The van der Waals surface area contributed by atoms with Gasteiger partial charge in [-0.1, -0.05) is 17.7 Å². The van der Waals surface area contributed by atoms with Gasteiger partial charge in [0.25, 0.3) is 5.91 Å². The van der Waals surface area contributed by atoms with Gasteiger partial charge in [0.05, 0.1) is 16.2 Å². The van der Waals surface area contributed by atoms with Gasteiger partial charge < -0.3 is 15.0 Å². The zero-order valence-electron chi connectivity index (χ0n) is 15.5. The van der Waals surface area contributed by atoms with Crippen molar-refractivity contribution in [2.45, 2.75) is 6.92 Å². The highest BCUT2D eigenvalue weighted by Crippen LogP contribution is 2.29. The molecular weight excluding hydrogens is 386 g/mol. The van der Waals surface area contributed by atoms with Crippen LogP contribution in [0.5, 0.6) is 0 Å². The predicted octanol–water partition coefficient (Wildman–Crippen LogP) is 4.38. The fourth-order valence-electron chi connectivity index (χ4n) is 2.86. The standard InChI is InChI=1S/C22H17N3O3S/c1-14-4-8-16(9-5-14)23-22-24-20(26)19(29-22)13-18-3-2-12-25(18)17-10-6-15(7-11-17)21(27)28/h2-13H,1H3,(H,27,28)(H,23,24,26)/b19-13+. The van der Waals surface area contributed by atoms with Crippen molar-refractivity contribution in [3.8, 4) is 5.69 Å². The molecule has 0 unspecified atom stereocenters. The van der Waals surface area contributed by atoms with E-state index in [1.807, 2.05) is 54.1 Å². The first kappa shape index (κ1) is 18.8. The van der Waals surface area contributed by atoms with Crippen LogP contribution in [0.1, 0.15) is 21.6 Å². The summed E-state index contributed by atoms with van der Waals surface area (Å²) < 4.78 is 1.89. The van der Waals surface area contributed by atoms with Crippen LogP contribution >= 0.6 is 11.8 Å². The number of amidine groups is 1. The number of hydrogen-bond acceptors (Lipinski definition) is 4. The third-order valence-electron chi connectivity index (χ3n) is 4.37. The topological polar surface area (TPSA) is 83.7 Å². The average Bonchev–Trinajstić information content (AvgIpc) is 3.30. The molecule has 0 radical (unpaired) electrons. The zero-order chi connectivity index (χ0) is 20.4. The number of aliphatic imine (C=N–C) groups is 1. The van der Waals surface area contributed by atoms with E-state index in [1.165, 1.54) is 11.8 Å². The maximum Gasteiger partial charge on any atom is 0.335 e. The molecule has 2 aromatic carbocycles. The highest BCUT2D eigenvalue weighted by atomic mass is 32.2. The monoisotopic (exact) mass is 403 g/mol. The minimum Gasteiger partial charge on any atom is -0.478 e. The van der Waals surface area contributed by atoms with Gasteiger partial charge in [-0.3, -0.25) is 4.79 Å². The summed E-state index contributed by atoms with van der Waals surface area (Å²) >= 11 is 1.29. The Labute approximate surface area is 171 Å². The first-order valence-corrected chi connectivity index (χ1v) is 9.68. The van der Waals surface area contributed by atoms with Crippen LogP contribution in [-0.4, -0.2) is 26.7 Å². The van der Waals surface area contributed by atoms with Gasteiger partial charge >= 0.3 is 5.97 Å². The number of carbonyl (C=O) groups excluding carboxylic acids is 1. The molecule has 6 nitrogen and oxygen atoms in total. The van der Waals surface area contributed by atoms with E-state index in [2.05, 4.69) is 10.3 Å². The average molecular weight is 403 g/mol. The van der Waals surface area contributed by atoms with Crippen LogP contribution in [0.2, 0.25) is 0 Å². The van der Waals surface area contributed by atoms with Crippen molar-refractivity contribution >= 4 is 40.6 Å². The molecule has 1 saturated heterocycles. The molecule has 29 heavy (non-hydrogen) atoms. The Bertz CT molecular complexity index is 1140. The van der Waals surface area contributed by atoms with Gasteiger partial charge in [-0.2, -0.15) is 0 Å². The Hall–Kier alpha value is -3.58. The van der Waals surface area contributed by atoms with Crippen LogP contribution < -0.4 is 5.32 Å². The number of aryl methyl sites for hydroxylation is 1. The predicted molar refractivity (Wildman–Crippen MR) is 115 cm³/mol. The van der Waals surface area contributed by atoms with E-state index in [0.717, 1.165) is 22.6 Å². The number of rotatable bonds is 4. The maximum atomic E-state index is 12.4. The molecule has 2 N–H and O–H groups in total. The number of amides is 1. The minimum atomic E-state index is -0.967. The van der Waals surface area contributed by atoms with Crippen molar-refractivity contribution in [3.63, 3.8) is 0 Å². The number of carbonyl (C=O) groups is 2. The number of nitrogens with zero attached hydrogens (tertiary/aromatic N) is 2. The van der Waals surface area contributed by atoms with Gasteiger partial charge in [0.2, 0.25) is 0 Å². The molecule has 0 spiro atoms. The van der Waals surface area contributed by atoms with Crippen molar-refractivity contribution in [1.29, 1.82) is 0 Å². The molecule has 2 heterocycles. The van der Waals surface area contributed by atoms with E-state index in [9.17, 15) is 9.59 Å². The largest absolute Gasteiger partial charge is 0.478 e. The Morgan fingerprint density at radius 2 is 1.83 bits per heavy atom. The van der Waals surface area contributed by atoms with Crippen molar-refractivity contribution in [2.24, 2.45) is 4.99 Å². The Morgan fingerprint density at radius 3 is 2.52 bits per heavy atom. The second-order valence-electron chi connectivity index (χ2n) is 6.47. The Morgan fingerprint density at radius 1 is 1.10 bits per heavy atom. The first-order valence-electron chi connectivity index (χ1n) is 8.87. The van der Waals surface area contributed by atoms with Crippen LogP contribution in [0, 0.1) is 6.92 Å². The summed E-state index contributed by atoms with van der Waals surface area (Å²) in [4.78, 5) is 28.4. The van der Waals surface area contributed by atoms with E-state index in [4.69, 9.17) is 5.11 Å². The van der Waals surface area contributed by atoms with Crippen molar-refractivity contribution in [3.05, 3.63) is 88.6 Å². The molecule has 0 aliphatic carbocycles. The smallest absolute Gasteiger partial charge is 0.335 e. The van der Waals surface area contributed by atoms with Crippen LogP contribution in [0.3, 0.4) is 0 Å². The van der Waals surface area contributed by atoms with E-state index in [-0.39, 0.29) is 11.5 Å². The molecular formula is C22H17N3O3S. The van der Waals surface area contributed by atoms with E-state index >= 15 is 0 Å². The third-order valence-corrected chi connectivity index (χ3v) is 5.28. The van der Waals surface area contributed by atoms with Crippen LogP contribution in [-0.2, 0) is 4.79 Å². The summed E-state index contributed by atoms with van der Waals surface area (Å²) in [5.74, 6) is -1.17. The van der Waals surface area contributed by atoms with Gasteiger partial charge in [0.1, 0.15) is 0 Å². The molecule has 4 rings (SSSR count). The zero-order valence-corrected chi connectivity index (χ0v) is 16.3. The minimum absolute atomic E-state index is 0.199. The van der Waals surface area contributed by atoms with E-state index in [0.29, 0.717) is 10.1 Å². The lowest BCUT2D eigenvalue weighted by molar-refractivity contribution is -0.115. The molecule has 0 bridgehead atoms. The molecule has 1 aliphatic rings. The third kappa shape index (κ3) is 4.14. The van der Waals surface area contributed by atoms with Gasteiger partial charge in [-0.25, -0.2) is 9.79 Å². The van der Waals surface area contributed by atoms with Gasteiger partial charge in [0.15, 0.2) is 5.17 Å². The summed E-state index contributed by atoms with van der Waals surface area (Å²) in [6.45, 7) is 2.01. The van der Waals surface area contributed by atoms with Crippen molar-refractivity contribution < 1.29 is 14.7 Å². The first-order chi connectivity index (χ1) is 14.0. The molecule has 1 aliphatic heterocycles. The number of thioether (sulfide) groups is 1. The summed E-state index contributed by atoms with van der Waals surface area (Å²) in [5, 5.41) is 12.4. The lowest BCUT2D eigenvalue weighted by Crippen LogP contribution is -2.19. The molecule has 144 valence electrons. The van der Waals surface area contributed by atoms with E-state index < -0.39 is 5.97 Å². The highest BCUT2D eigenvalue weighted by Gasteiger charge is 2.24. The fraction of sp³-hybridized carbons (Fsp3) is 0.0455. The normalized spacial score (nSPS) is 16.4. The van der Waals surface area contributed by atoms with Crippen molar-refractivity contribution in [1.82, 2.24) is 9.88 Å². The molecule has 0 atom stereocenters. The summed E-state index contributed by atoms with van der Waals surface area (Å²) in [6.07, 6.45) is 3.66. The lowest BCUT2D eigenvalue weighted by Gasteiger charge is -2.07. The molecule has 1 amide bonds. The SMILES string of the molecule is Cc1ccc(N=C2NC(=O)/C(=C\c3cccn3-c3ccc(C(=O)O)cc3)S2)cc1. The Balaban J connectivity index is 1.59. The number of nitrogens with one attached hydrogen (secondary N) is 1. The number of aromatic nitrogens is 1. The van der Waals surface area contributed by atoms with Gasteiger partial charge in [-0.15, -0.1) is 0 Å². The van der Waals surface area contributed by atoms with Crippen LogP contribution in [0.25, 0.3) is 11.8 Å². The summed E-state index contributed by atoms with van der Waals surface area (Å²) in [7, 11) is 0. The summed E-state index contributed by atoms with van der Waals surface area (Å²) in [5.41, 5.74) is 3.77. The van der Waals surface area contributed by atoms with Gasteiger partial charge in [-0.05, 0) is 73.3 Å². The quantitative estimate of drug-likeness (QED) is 0.634. The van der Waals surface area contributed by atoms with Crippen molar-refractivity contribution in [2.75, 3.05) is 0 Å².